The van der Waals surface area contributed by atoms with Gasteiger partial charge in [-0.15, -0.1) is 0 Å². The van der Waals surface area contributed by atoms with Crippen LogP contribution in [0.4, 0.5) is 75.2 Å². The molecular formula is C100H144N28O6. The number of aromatic nitrogens is 8. The molecule has 4 aromatic carbocycles. The molecular weight excluding hydrogens is 1690 g/mol. The molecule has 10 rings (SSSR count). The Morgan fingerprint density at radius 2 is 0.761 bits per heavy atom. The molecule has 34 nitrogen and oxygen atoms in total. The molecule has 1 atom stereocenters. The van der Waals surface area contributed by atoms with Crippen molar-refractivity contribution in [1.29, 1.82) is 21.0 Å². The lowest BCUT2D eigenvalue weighted by atomic mass is 9.96. The van der Waals surface area contributed by atoms with Crippen LogP contribution in [0.2, 0.25) is 0 Å². The molecule has 2 fully saturated rings. The summed E-state index contributed by atoms with van der Waals surface area (Å²) >= 11 is 0. The summed E-state index contributed by atoms with van der Waals surface area (Å²) in [5, 5.41) is 63.9. The van der Waals surface area contributed by atoms with Crippen molar-refractivity contribution in [2.75, 3.05) is 216 Å². The smallest absolute Gasteiger partial charge is 0.320 e. The van der Waals surface area contributed by atoms with Crippen LogP contribution in [0.5, 0.6) is 12.0 Å². The van der Waals surface area contributed by atoms with Crippen molar-refractivity contribution >= 4 is 98.9 Å². The first-order valence-corrected chi connectivity index (χ1v) is 45.6. The first kappa shape index (κ1) is 108. The fourth-order valence-corrected chi connectivity index (χ4v) is 15.3. The van der Waals surface area contributed by atoms with Crippen molar-refractivity contribution in [3.05, 3.63) is 145 Å². The van der Waals surface area contributed by atoms with E-state index in [0.717, 1.165) is 118 Å². The maximum Gasteiger partial charge on any atom is 0.320 e. The lowest BCUT2D eigenvalue weighted by Crippen LogP contribution is -2.35. The number of benzene rings is 4. The number of carbonyl (C=O) groups excluding carboxylic acids is 4. The van der Waals surface area contributed by atoms with E-state index in [9.17, 15) is 40.2 Å². The van der Waals surface area contributed by atoms with Gasteiger partial charge < -0.3 is 91.2 Å². The third-order valence-electron chi connectivity index (χ3n) is 21.7. The zero-order valence-corrected chi connectivity index (χ0v) is 84.6. The van der Waals surface area contributed by atoms with E-state index in [1.165, 1.54) is 0 Å². The van der Waals surface area contributed by atoms with E-state index in [2.05, 4.69) is 213 Å². The number of nitrogens with one attached hydrogen (secondary N) is 8. The molecule has 8 aromatic rings. The molecule has 134 heavy (non-hydrogen) atoms. The molecule has 0 bridgehead atoms. The minimum Gasteiger partial charge on any atom is -0.463 e. The Balaban J connectivity index is 0.000000245. The average molecular weight is 1830 g/mol. The second-order valence-electron chi connectivity index (χ2n) is 39.5. The summed E-state index contributed by atoms with van der Waals surface area (Å²) in [6, 6.07) is 31.2. The number of hydrogen-bond acceptors (Lipinski definition) is 30. The Kier molecular flexibility index (Phi) is 39.3. The summed E-state index contributed by atoms with van der Waals surface area (Å²) in [6.07, 6.45) is 4.73. The normalized spacial score (nSPS) is 13.4. The number of hydrogen-bond donors (Lipinski definition) is 8. The number of carbonyl (C=O) groups is 4. The van der Waals surface area contributed by atoms with Gasteiger partial charge in [-0.3, -0.25) is 19.2 Å². The number of rotatable bonds is 30. The average Bonchev–Trinajstić information content (AvgIpc) is 1.06. The van der Waals surface area contributed by atoms with Crippen molar-refractivity contribution in [1.82, 2.24) is 75.8 Å². The maximum atomic E-state index is 12.2. The van der Waals surface area contributed by atoms with E-state index in [0.29, 0.717) is 153 Å². The van der Waals surface area contributed by atoms with Gasteiger partial charge in [-0.2, -0.15) is 51.0 Å². The van der Waals surface area contributed by atoms with Gasteiger partial charge in [0.2, 0.25) is 5.95 Å². The minimum atomic E-state index is -0.193. The van der Waals surface area contributed by atoms with Gasteiger partial charge in [0, 0.05) is 173 Å². The lowest BCUT2D eigenvalue weighted by molar-refractivity contribution is 0.0955. The molecule has 2 aliphatic heterocycles. The van der Waals surface area contributed by atoms with Crippen molar-refractivity contribution in [3.63, 3.8) is 0 Å². The van der Waals surface area contributed by atoms with Crippen molar-refractivity contribution in [3.8, 4) is 36.3 Å². The summed E-state index contributed by atoms with van der Waals surface area (Å²) in [5.74, 6) is 4.77. The molecule has 1 unspecified atom stereocenters. The van der Waals surface area contributed by atoms with Gasteiger partial charge in [-0.05, 0) is 187 Å². The summed E-state index contributed by atoms with van der Waals surface area (Å²) in [6.45, 7) is 45.9. The largest absolute Gasteiger partial charge is 0.463 e. The van der Waals surface area contributed by atoms with Crippen molar-refractivity contribution in [2.24, 2.45) is 27.6 Å². The first-order valence-electron chi connectivity index (χ1n) is 45.6. The number of ether oxygens (including phenoxy) is 2. The Morgan fingerprint density at radius 3 is 1.10 bits per heavy atom. The van der Waals surface area contributed by atoms with E-state index in [4.69, 9.17) is 19.4 Å². The molecule has 4 aromatic heterocycles. The second-order valence-corrected chi connectivity index (χ2v) is 39.5. The van der Waals surface area contributed by atoms with Crippen LogP contribution in [0.15, 0.2) is 72.8 Å². The van der Waals surface area contributed by atoms with Gasteiger partial charge >= 0.3 is 12.0 Å². The first-order chi connectivity index (χ1) is 63.1. The SMILES string of the molecule is CCc1nc(Nc2cc(C(=O)NC)ccc2C)c(C#N)c(N(C)CC(C)(C)C)n1.CNC(=O)c1ccc(C)c(Nc2nc(N3CCCN(C)CC3)nc(N(C)CC(C)(C)C)c2C#N)c1.CNC(=O)c1ccc(C)c(Nc2nc(OCC3CCCN(C)C3)nc(N(C)CC(C)(C)C)c2C#N)c1.CNC(=O)c1ccc(C)c(Nc2nc(OCCCN(C)C)nc(N(C)CC(C)(C)C)c2C#N)c1. The Hall–Kier alpha value is -13.3. The van der Waals surface area contributed by atoms with E-state index < -0.39 is 0 Å². The van der Waals surface area contributed by atoms with Gasteiger partial charge in [0.25, 0.3) is 23.6 Å². The lowest BCUT2D eigenvalue weighted by Gasteiger charge is -2.30. The zero-order valence-electron chi connectivity index (χ0n) is 84.6. The van der Waals surface area contributed by atoms with Crippen molar-refractivity contribution < 1.29 is 28.7 Å². The molecule has 34 heteroatoms. The Morgan fingerprint density at radius 1 is 0.425 bits per heavy atom. The van der Waals surface area contributed by atoms with Gasteiger partial charge in [0.15, 0.2) is 46.5 Å². The predicted octanol–water partition coefficient (Wildman–Crippen LogP) is 14.7. The molecule has 0 aliphatic carbocycles. The van der Waals surface area contributed by atoms with Crippen LogP contribution in [-0.4, -0.2) is 248 Å². The summed E-state index contributed by atoms with van der Waals surface area (Å²) < 4.78 is 12.0. The van der Waals surface area contributed by atoms with E-state index in [1.54, 1.807) is 76.7 Å². The zero-order chi connectivity index (χ0) is 99.4. The minimum absolute atomic E-state index is 0.00778. The number of nitriles is 4. The molecule has 8 N–H and O–H groups in total. The van der Waals surface area contributed by atoms with Crippen LogP contribution >= 0.6 is 0 Å². The molecule has 720 valence electrons. The van der Waals surface area contributed by atoms with Crippen LogP contribution in [0.1, 0.15) is 207 Å². The summed E-state index contributed by atoms with van der Waals surface area (Å²) in [7, 11) is 22.4. The second kappa shape index (κ2) is 48.9. The van der Waals surface area contributed by atoms with Crippen LogP contribution < -0.4 is 76.5 Å². The number of aryl methyl sites for hydroxylation is 5. The molecule has 2 saturated heterocycles. The van der Waals surface area contributed by atoms with E-state index >= 15 is 0 Å². The summed E-state index contributed by atoms with van der Waals surface area (Å²) in [4.78, 5) is 103. The number of likely N-dealkylation sites (N-methyl/N-ethyl adjacent to an activating group) is 1. The molecule has 0 spiro atoms. The molecule has 4 amide bonds. The molecule has 0 radical (unpaired) electrons. The van der Waals surface area contributed by atoms with Crippen molar-refractivity contribution in [2.45, 2.75) is 150 Å². The number of anilines is 13. The predicted molar refractivity (Wildman–Crippen MR) is 537 cm³/mol. The number of amides is 4. The maximum absolute atomic E-state index is 12.2. The fourth-order valence-electron chi connectivity index (χ4n) is 15.3. The van der Waals surface area contributed by atoms with Gasteiger partial charge in [0.05, 0.1) is 13.2 Å². The molecule has 0 saturated carbocycles. The summed E-state index contributed by atoms with van der Waals surface area (Å²) in [5.41, 5.74) is 10.1. The third-order valence-corrected chi connectivity index (χ3v) is 21.7. The highest BCUT2D eigenvalue weighted by atomic mass is 16.5. The quantitative estimate of drug-likeness (QED) is 0.0194. The van der Waals surface area contributed by atoms with Gasteiger partial charge in [-0.25, -0.2) is 9.97 Å². The van der Waals surface area contributed by atoms with E-state index in [-0.39, 0.29) is 57.3 Å². The fraction of sp³-hybridized carbons (Fsp3) is 0.520. The van der Waals surface area contributed by atoms with Gasteiger partial charge in [0.1, 0.15) is 52.4 Å². The van der Waals surface area contributed by atoms with E-state index in [1.807, 2.05) is 121 Å². The standard InChI is InChI=1S/C27H39N7O2.C26H38N8O.C25H37N7O2.C22H30N6O/c1-18-10-11-20(25(35)29-5)13-22(18)30-23-21(14-28)24(34(7)17-27(2,3)4)32-26(31-23)36-16-19-9-8-12-33(6)15-19;1-18-9-10-19(24(35)28-5)15-21(18)29-22-20(16-27)23(33(7)17-26(2,3)4)31-25(30-22)34-12-8-11-32(6)13-14-34;1-17-10-11-18(23(33)27-5)14-20(17)28-21-19(15-26)22(32(8)16-25(2,3)4)30-24(29-21)34-13-9-12-31(6)7;1-8-18-26-19(16(12-23)20(27-18)28(7)13-22(3,4)5)25-17-11-15(21(29)24-6)10-9-14(17)2/h10-11,13,19H,8-9,12,15-17H2,1-7H3,(H,29,35)(H,30,31,32);9-10,15H,8,11-14,17H2,1-7H3,(H,28,35)(H,29,30,31);10-11,14H,9,12-13,16H2,1-8H3,(H,27,33)(H,28,29,30);9-11H,8,13H2,1-7H3,(H,24,29)(H,25,26,27). The number of piperidine rings is 1. The molecule has 2 aliphatic rings. The Bertz CT molecular complexity index is 5550. The number of likely N-dealkylation sites (tertiary alicyclic amines) is 1. The van der Waals surface area contributed by atoms with Crippen LogP contribution in [0.3, 0.4) is 0 Å². The van der Waals surface area contributed by atoms with Crippen LogP contribution in [-0.2, 0) is 6.42 Å². The molecule has 6 heterocycles. The van der Waals surface area contributed by atoms with Gasteiger partial charge in [-0.1, -0.05) is 114 Å². The Labute approximate surface area is 794 Å². The highest BCUT2D eigenvalue weighted by Gasteiger charge is 2.31. The monoisotopic (exact) mass is 1830 g/mol. The topological polar surface area (TPSA) is 407 Å². The highest BCUT2D eigenvalue weighted by molar-refractivity contribution is 5.98. The highest BCUT2D eigenvalue weighted by Crippen LogP contribution is 2.38. The number of nitrogens with zero attached hydrogens (tertiary/aromatic N) is 20. The van der Waals surface area contributed by atoms with Crippen LogP contribution in [0.25, 0.3) is 0 Å². The third kappa shape index (κ3) is 32.3. The van der Waals surface area contributed by atoms with Crippen LogP contribution in [0, 0.1) is 101 Å².